The highest BCUT2D eigenvalue weighted by atomic mass is 32.2. The second-order valence-electron chi connectivity index (χ2n) is 7.73. The summed E-state index contributed by atoms with van der Waals surface area (Å²) in [5, 5.41) is 7.78. The lowest BCUT2D eigenvalue weighted by Gasteiger charge is -2.24. The maximum Gasteiger partial charge on any atom is 0.412 e. The number of fused-ring (bicyclic) bond motifs is 1. The van der Waals surface area contributed by atoms with E-state index >= 15 is 0 Å². The van der Waals surface area contributed by atoms with Crippen molar-refractivity contribution in [2.45, 2.75) is 45.3 Å². The Balaban J connectivity index is 1.88. The predicted molar refractivity (Wildman–Crippen MR) is 112 cm³/mol. The first-order chi connectivity index (χ1) is 12.8. The van der Waals surface area contributed by atoms with E-state index in [0.29, 0.717) is 11.3 Å². The molecule has 0 aromatic heterocycles. The number of amides is 2. The minimum atomic E-state index is -0.608. The molecule has 0 saturated carbocycles. The van der Waals surface area contributed by atoms with Gasteiger partial charge < -0.3 is 10.1 Å². The van der Waals surface area contributed by atoms with Crippen molar-refractivity contribution < 1.29 is 14.3 Å². The molecule has 0 bridgehead atoms. The van der Waals surface area contributed by atoms with Crippen molar-refractivity contribution in [2.75, 3.05) is 16.8 Å². The number of ether oxygens (including phenoxy) is 1. The molecule has 1 aliphatic heterocycles. The van der Waals surface area contributed by atoms with Crippen LogP contribution in [0.3, 0.4) is 0 Å². The van der Waals surface area contributed by atoms with Gasteiger partial charge >= 0.3 is 6.09 Å². The van der Waals surface area contributed by atoms with Gasteiger partial charge in [0, 0.05) is 6.04 Å². The zero-order chi connectivity index (χ0) is 19.4. The van der Waals surface area contributed by atoms with E-state index in [4.69, 9.17) is 4.74 Å². The molecule has 0 atom stereocenters. The molecule has 1 heterocycles. The summed E-state index contributed by atoms with van der Waals surface area (Å²) in [6.07, 6.45) is 1.37. The van der Waals surface area contributed by atoms with Crippen molar-refractivity contribution in [1.82, 2.24) is 5.32 Å². The number of anilines is 1. The summed E-state index contributed by atoms with van der Waals surface area (Å²) in [6.45, 7) is 5.42. The summed E-state index contributed by atoms with van der Waals surface area (Å²) in [7, 11) is 0. The molecule has 0 aliphatic carbocycles. The molecule has 0 spiro atoms. The minimum absolute atomic E-state index is 0.163. The molecule has 2 aromatic rings. The Hall–Kier alpha value is -2.21. The average molecular weight is 387 g/mol. The van der Waals surface area contributed by atoms with Crippen LogP contribution < -0.4 is 10.6 Å². The molecule has 0 radical (unpaired) electrons. The Morgan fingerprint density at radius 3 is 2.33 bits per heavy atom. The normalized spacial score (nSPS) is 15.4. The number of hydrogen-bond acceptors (Lipinski definition) is 4. The molecule has 0 unspecified atom stereocenters. The first kappa shape index (κ1) is 19.5. The van der Waals surface area contributed by atoms with Crippen LogP contribution in [0.5, 0.6) is 0 Å². The molecule has 2 amide bonds. The summed E-state index contributed by atoms with van der Waals surface area (Å²) < 4.78 is 5.35. The lowest BCUT2D eigenvalue weighted by atomic mass is 10.0. The van der Waals surface area contributed by atoms with Crippen molar-refractivity contribution in [3.8, 4) is 0 Å². The van der Waals surface area contributed by atoms with E-state index < -0.39 is 11.7 Å². The van der Waals surface area contributed by atoms with E-state index in [-0.39, 0.29) is 11.9 Å². The Bertz CT molecular complexity index is 839. The standard InChI is InChI=1S/C21H26N2O3S/c1-21(2,3)26-20(25)23-18-13-15-7-5-4-6-14(15)12-17(18)19(24)22-16-8-10-27-11-9-16/h4-7,12-13,16H,8-11H2,1-3H3,(H,22,24)(H,23,25). The van der Waals surface area contributed by atoms with Crippen LogP contribution in [0.4, 0.5) is 10.5 Å². The molecule has 1 saturated heterocycles. The molecule has 27 heavy (non-hydrogen) atoms. The highest BCUT2D eigenvalue weighted by Crippen LogP contribution is 2.26. The zero-order valence-corrected chi connectivity index (χ0v) is 16.8. The Morgan fingerprint density at radius 1 is 1.07 bits per heavy atom. The summed E-state index contributed by atoms with van der Waals surface area (Å²) >= 11 is 1.92. The maximum atomic E-state index is 12.9. The van der Waals surface area contributed by atoms with Crippen LogP contribution in [0.1, 0.15) is 44.0 Å². The number of carbonyl (C=O) groups excluding carboxylic acids is 2. The molecule has 2 aromatic carbocycles. The average Bonchev–Trinajstić information content (AvgIpc) is 2.60. The number of nitrogens with one attached hydrogen (secondary N) is 2. The quantitative estimate of drug-likeness (QED) is 0.794. The lowest BCUT2D eigenvalue weighted by Crippen LogP contribution is -2.37. The largest absolute Gasteiger partial charge is 0.444 e. The van der Waals surface area contributed by atoms with Gasteiger partial charge in [-0.05, 0) is 68.0 Å². The van der Waals surface area contributed by atoms with Crippen LogP contribution in [0, 0.1) is 0 Å². The minimum Gasteiger partial charge on any atom is -0.444 e. The van der Waals surface area contributed by atoms with Crippen molar-refractivity contribution >= 4 is 40.2 Å². The van der Waals surface area contributed by atoms with Crippen LogP contribution in [-0.4, -0.2) is 35.1 Å². The van der Waals surface area contributed by atoms with E-state index in [9.17, 15) is 9.59 Å². The Morgan fingerprint density at radius 2 is 1.70 bits per heavy atom. The second-order valence-corrected chi connectivity index (χ2v) is 8.96. The van der Waals surface area contributed by atoms with Gasteiger partial charge in [-0.2, -0.15) is 11.8 Å². The summed E-state index contributed by atoms with van der Waals surface area (Å²) in [6, 6.07) is 11.6. The SMILES string of the molecule is CC(C)(C)OC(=O)Nc1cc2ccccc2cc1C(=O)NC1CCSCC1. The molecular formula is C21H26N2O3S. The molecular weight excluding hydrogens is 360 g/mol. The first-order valence-corrected chi connectivity index (χ1v) is 10.4. The monoisotopic (exact) mass is 386 g/mol. The van der Waals surface area contributed by atoms with Gasteiger partial charge in [-0.1, -0.05) is 24.3 Å². The molecule has 2 N–H and O–H groups in total. The highest BCUT2D eigenvalue weighted by molar-refractivity contribution is 7.99. The molecule has 3 rings (SSSR count). The molecule has 144 valence electrons. The van der Waals surface area contributed by atoms with Gasteiger partial charge in [0.2, 0.25) is 0 Å². The Kier molecular flexibility index (Phi) is 5.95. The Labute approximate surface area is 164 Å². The number of carbonyl (C=O) groups is 2. The van der Waals surface area contributed by atoms with Crippen LogP contribution in [0.25, 0.3) is 10.8 Å². The van der Waals surface area contributed by atoms with Crippen molar-refractivity contribution in [2.24, 2.45) is 0 Å². The van der Waals surface area contributed by atoms with E-state index in [0.717, 1.165) is 35.1 Å². The fourth-order valence-electron chi connectivity index (χ4n) is 3.05. The zero-order valence-electron chi connectivity index (χ0n) is 16.0. The van der Waals surface area contributed by atoms with E-state index in [1.54, 1.807) is 0 Å². The fraction of sp³-hybridized carbons (Fsp3) is 0.429. The van der Waals surface area contributed by atoms with Gasteiger partial charge in [-0.25, -0.2) is 4.79 Å². The van der Waals surface area contributed by atoms with Crippen molar-refractivity contribution in [3.63, 3.8) is 0 Å². The van der Waals surface area contributed by atoms with Crippen LogP contribution in [0.2, 0.25) is 0 Å². The molecule has 5 nitrogen and oxygen atoms in total. The van der Waals surface area contributed by atoms with Crippen LogP contribution >= 0.6 is 11.8 Å². The second kappa shape index (κ2) is 8.21. The highest BCUT2D eigenvalue weighted by Gasteiger charge is 2.22. The van der Waals surface area contributed by atoms with E-state index in [2.05, 4.69) is 10.6 Å². The lowest BCUT2D eigenvalue weighted by molar-refractivity contribution is 0.0636. The van der Waals surface area contributed by atoms with E-state index in [1.165, 1.54) is 0 Å². The third-order valence-corrected chi connectivity index (χ3v) is 5.37. The van der Waals surface area contributed by atoms with E-state index in [1.807, 2.05) is 68.9 Å². The third kappa shape index (κ3) is 5.39. The number of hydrogen-bond donors (Lipinski definition) is 2. The molecule has 1 aliphatic rings. The third-order valence-electron chi connectivity index (χ3n) is 4.32. The summed E-state index contributed by atoms with van der Waals surface area (Å²) in [5.41, 5.74) is 0.312. The topological polar surface area (TPSA) is 67.4 Å². The number of rotatable bonds is 3. The van der Waals surface area contributed by atoms with Gasteiger partial charge in [0.1, 0.15) is 5.60 Å². The predicted octanol–water partition coefficient (Wildman–Crippen LogP) is 4.81. The van der Waals surface area contributed by atoms with Crippen molar-refractivity contribution in [1.29, 1.82) is 0 Å². The van der Waals surface area contributed by atoms with Crippen LogP contribution in [-0.2, 0) is 4.74 Å². The summed E-state index contributed by atoms with van der Waals surface area (Å²) in [4.78, 5) is 25.2. The molecule has 6 heteroatoms. The smallest absolute Gasteiger partial charge is 0.412 e. The van der Waals surface area contributed by atoms with Crippen molar-refractivity contribution in [3.05, 3.63) is 42.0 Å². The first-order valence-electron chi connectivity index (χ1n) is 9.23. The van der Waals surface area contributed by atoms with Crippen LogP contribution in [0.15, 0.2) is 36.4 Å². The number of benzene rings is 2. The van der Waals surface area contributed by atoms with Gasteiger partial charge in [-0.3, -0.25) is 10.1 Å². The fourth-order valence-corrected chi connectivity index (χ4v) is 4.16. The maximum absolute atomic E-state index is 12.9. The van der Waals surface area contributed by atoms with Gasteiger partial charge in [0.15, 0.2) is 0 Å². The number of thioether (sulfide) groups is 1. The van der Waals surface area contributed by atoms with Gasteiger partial charge in [0.05, 0.1) is 11.3 Å². The van der Waals surface area contributed by atoms with Gasteiger partial charge in [-0.15, -0.1) is 0 Å². The summed E-state index contributed by atoms with van der Waals surface area (Å²) in [5.74, 6) is 1.96. The van der Waals surface area contributed by atoms with Gasteiger partial charge in [0.25, 0.3) is 5.91 Å². The molecule has 1 fully saturated rings.